The molecule has 0 radical (unpaired) electrons. The van der Waals surface area contributed by atoms with E-state index >= 15 is 0 Å². The summed E-state index contributed by atoms with van der Waals surface area (Å²) in [7, 11) is -3.39. The van der Waals surface area contributed by atoms with Gasteiger partial charge in [-0.1, -0.05) is 17.7 Å². The maximum absolute atomic E-state index is 14.0. The van der Waals surface area contributed by atoms with E-state index in [1.807, 2.05) is 0 Å². The third-order valence-corrected chi connectivity index (χ3v) is 5.41. The summed E-state index contributed by atoms with van der Waals surface area (Å²) in [5.41, 5.74) is 0.344. The van der Waals surface area contributed by atoms with Crippen molar-refractivity contribution in [1.29, 1.82) is 0 Å². The number of alkyl halides is 1. The second-order valence-electron chi connectivity index (χ2n) is 5.01. The second kappa shape index (κ2) is 10.8. The van der Waals surface area contributed by atoms with Crippen LogP contribution in [0.2, 0.25) is 5.02 Å². The van der Waals surface area contributed by atoms with Crippen molar-refractivity contribution >= 4 is 25.2 Å². The lowest BCUT2D eigenvalue weighted by atomic mass is 10.2. The van der Waals surface area contributed by atoms with Gasteiger partial charge in [0.2, 0.25) is 0 Å². The number of halogens is 2. The molecular weight excluding hydrogens is 358 g/mol. The maximum atomic E-state index is 14.0. The molecule has 8 heteroatoms. The van der Waals surface area contributed by atoms with Gasteiger partial charge in [-0.05, 0) is 44.9 Å². The fraction of sp³-hybridized carbons (Fsp3) is 0.562. The molecule has 1 unspecified atom stereocenters. The Morgan fingerprint density at radius 3 is 2.54 bits per heavy atom. The van der Waals surface area contributed by atoms with Crippen molar-refractivity contribution in [2.75, 3.05) is 26.0 Å². The smallest absolute Gasteiger partial charge is 0.338 e. The first-order chi connectivity index (χ1) is 11.4. The maximum Gasteiger partial charge on any atom is 0.338 e. The van der Waals surface area contributed by atoms with Gasteiger partial charge in [-0.2, -0.15) is 0 Å². The van der Waals surface area contributed by atoms with E-state index in [4.69, 9.17) is 25.4 Å². The van der Waals surface area contributed by atoms with Gasteiger partial charge in [-0.3, -0.25) is 4.57 Å². The van der Waals surface area contributed by atoms with Gasteiger partial charge in [0, 0.05) is 5.02 Å². The van der Waals surface area contributed by atoms with E-state index in [0.29, 0.717) is 17.0 Å². The Bertz CT molecular complexity index is 559. The van der Waals surface area contributed by atoms with Gasteiger partial charge in [0.25, 0.3) is 0 Å². The first-order valence-electron chi connectivity index (χ1n) is 7.85. The van der Waals surface area contributed by atoms with Gasteiger partial charge >= 0.3 is 13.6 Å². The van der Waals surface area contributed by atoms with Gasteiger partial charge in [-0.15, -0.1) is 0 Å². The van der Waals surface area contributed by atoms with Crippen molar-refractivity contribution < 1.29 is 27.5 Å². The lowest BCUT2D eigenvalue weighted by Crippen LogP contribution is -2.13. The highest BCUT2D eigenvalue weighted by Gasteiger charge is 2.28. The minimum absolute atomic E-state index is 0.0688. The molecule has 1 rings (SSSR count). The summed E-state index contributed by atoms with van der Waals surface area (Å²) in [6.45, 7) is 3.81. The van der Waals surface area contributed by atoms with Crippen LogP contribution in [0.15, 0.2) is 24.3 Å². The molecule has 0 aliphatic carbocycles. The van der Waals surface area contributed by atoms with Crippen molar-refractivity contribution in [3.05, 3.63) is 34.9 Å². The molecular formula is C16H23ClFO5P. The van der Waals surface area contributed by atoms with Crippen molar-refractivity contribution in [3.8, 4) is 0 Å². The van der Waals surface area contributed by atoms with Gasteiger partial charge in [0.15, 0.2) is 0 Å². The molecule has 24 heavy (non-hydrogen) atoms. The molecule has 0 aliphatic heterocycles. The second-order valence-corrected chi connectivity index (χ2v) is 7.55. The number of ether oxygens (including phenoxy) is 1. The number of carbonyl (C=O) groups is 1. The minimum Gasteiger partial charge on any atom is -0.462 e. The highest BCUT2D eigenvalue weighted by molar-refractivity contribution is 7.53. The molecule has 0 N–H and O–H groups in total. The highest BCUT2D eigenvalue weighted by Crippen LogP contribution is 2.49. The topological polar surface area (TPSA) is 61.8 Å². The van der Waals surface area contributed by atoms with E-state index in [2.05, 4.69) is 0 Å². The Hall–Kier alpha value is -0.940. The quantitative estimate of drug-likeness (QED) is 0.311. The molecule has 0 spiro atoms. The number of rotatable bonds is 11. The first kappa shape index (κ1) is 21.1. The molecule has 1 atom stereocenters. The van der Waals surface area contributed by atoms with Crippen LogP contribution in [0.4, 0.5) is 4.39 Å². The average molecular weight is 381 g/mol. The summed E-state index contributed by atoms with van der Waals surface area (Å²) in [5.74, 6) is -0.512. The predicted molar refractivity (Wildman–Crippen MR) is 91.6 cm³/mol. The van der Waals surface area contributed by atoms with Crippen LogP contribution in [0.5, 0.6) is 0 Å². The number of hydrogen-bond donors (Lipinski definition) is 0. The third kappa shape index (κ3) is 7.75. The van der Waals surface area contributed by atoms with Crippen molar-refractivity contribution in [2.24, 2.45) is 0 Å². The van der Waals surface area contributed by atoms with Gasteiger partial charge in [-0.25, -0.2) is 9.18 Å². The zero-order valence-corrected chi connectivity index (χ0v) is 15.5. The van der Waals surface area contributed by atoms with Gasteiger partial charge in [0.1, 0.15) is 6.17 Å². The summed E-state index contributed by atoms with van der Waals surface area (Å²) >= 11 is 5.80. The van der Waals surface area contributed by atoms with Crippen LogP contribution >= 0.6 is 19.2 Å². The molecule has 0 amide bonds. The lowest BCUT2D eigenvalue weighted by molar-refractivity contribution is 0.0490. The Balaban J connectivity index is 2.33. The van der Waals surface area contributed by atoms with Crippen LogP contribution in [0.1, 0.15) is 37.0 Å². The minimum atomic E-state index is -3.39. The van der Waals surface area contributed by atoms with Crippen LogP contribution in [-0.2, 0) is 18.3 Å². The largest absolute Gasteiger partial charge is 0.462 e. The summed E-state index contributed by atoms with van der Waals surface area (Å²) in [6, 6.07) is 6.39. The van der Waals surface area contributed by atoms with Crippen LogP contribution in [0, 0.1) is 0 Å². The molecule has 0 fully saturated rings. The summed E-state index contributed by atoms with van der Waals surface area (Å²) < 4.78 is 41.3. The van der Waals surface area contributed by atoms with E-state index in [-0.39, 0.29) is 32.4 Å². The third-order valence-electron chi connectivity index (χ3n) is 3.03. The number of esters is 1. The van der Waals surface area contributed by atoms with Crippen LogP contribution in [0.3, 0.4) is 0 Å². The summed E-state index contributed by atoms with van der Waals surface area (Å²) in [4.78, 5) is 11.8. The fourth-order valence-electron chi connectivity index (χ4n) is 2.04. The Morgan fingerprint density at radius 1 is 1.29 bits per heavy atom. The molecule has 5 nitrogen and oxygen atoms in total. The zero-order chi connectivity index (χ0) is 18.0. The Labute approximate surface area is 147 Å². The van der Waals surface area contributed by atoms with E-state index in [9.17, 15) is 13.8 Å². The molecule has 0 heterocycles. The monoisotopic (exact) mass is 380 g/mol. The molecule has 0 saturated carbocycles. The Kier molecular flexibility index (Phi) is 9.52. The van der Waals surface area contributed by atoms with Crippen molar-refractivity contribution in [3.63, 3.8) is 0 Å². The highest BCUT2D eigenvalue weighted by atomic mass is 35.5. The molecule has 0 aromatic heterocycles. The first-order valence-corrected chi connectivity index (χ1v) is 9.95. The number of benzene rings is 1. The number of carbonyl (C=O) groups excluding carboxylic acids is 1. The van der Waals surface area contributed by atoms with Crippen molar-refractivity contribution in [2.45, 2.75) is 32.9 Å². The fourth-order valence-corrected chi connectivity index (χ4v) is 3.97. The average Bonchev–Trinajstić information content (AvgIpc) is 2.51. The zero-order valence-electron chi connectivity index (χ0n) is 13.9. The molecule has 136 valence electrons. The van der Waals surface area contributed by atoms with Gasteiger partial charge < -0.3 is 13.8 Å². The SMILES string of the molecule is CCOP(=O)(CC(F)CCCOC(=O)c1cccc(Cl)c1)OCC. The number of hydrogen-bond acceptors (Lipinski definition) is 5. The van der Waals surface area contributed by atoms with Gasteiger partial charge in [0.05, 0.1) is 31.5 Å². The van der Waals surface area contributed by atoms with Crippen molar-refractivity contribution in [1.82, 2.24) is 0 Å². The van der Waals surface area contributed by atoms with Crippen LogP contribution in [0.25, 0.3) is 0 Å². The molecule has 1 aromatic rings. The molecule has 0 bridgehead atoms. The predicted octanol–water partition coefficient (Wildman–Crippen LogP) is 4.88. The summed E-state index contributed by atoms with van der Waals surface area (Å²) in [5, 5.41) is 0.441. The lowest BCUT2D eigenvalue weighted by Gasteiger charge is -2.18. The molecule has 0 aliphatic rings. The van der Waals surface area contributed by atoms with Crippen LogP contribution in [-0.4, -0.2) is 38.1 Å². The van der Waals surface area contributed by atoms with E-state index in [1.54, 1.807) is 32.0 Å². The summed E-state index contributed by atoms with van der Waals surface area (Å²) in [6.07, 6.45) is -1.23. The normalized spacial score (nSPS) is 12.8. The van der Waals surface area contributed by atoms with E-state index in [1.165, 1.54) is 6.07 Å². The standard InChI is InChI=1S/C16H23ClFO5P/c1-3-22-24(20,23-4-2)12-15(18)9-6-10-21-16(19)13-7-5-8-14(17)11-13/h5,7-8,11,15H,3-4,6,9-10,12H2,1-2H3. The Morgan fingerprint density at radius 2 is 1.96 bits per heavy atom. The molecule has 1 aromatic carbocycles. The van der Waals surface area contributed by atoms with E-state index in [0.717, 1.165) is 0 Å². The van der Waals surface area contributed by atoms with Crippen LogP contribution < -0.4 is 0 Å². The molecule has 0 saturated heterocycles. The van der Waals surface area contributed by atoms with E-state index < -0.39 is 19.7 Å².